The Kier molecular flexibility index (Phi) is 4.00. The molecule has 0 fully saturated rings. The number of nitrogens with zero attached hydrogens (tertiary/aromatic N) is 1. The smallest absolute Gasteiger partial charge is 0.339 e. The molecule has 1 aromatic heterocycles. The number of amides is 1. The summed E-state index contributed by atoms with van der Waals surface area (Å²) in [6.45, 7) is 2.11. The average molecular weight is 384 g/mol. The van der Waals surface area contributed by atoms with Crippen LogP contribution in [0.25, 0.3) is 10.9 Å². The number of aromatic nitrogens is 1. The van der Waals surface area contributed by atoms with Gasteiger partial charge < -0.3 is 14.1 Å². The number of ketones is 1. The zero-order valence-electron chi connectivity index (χ0n) is 14.4. The zero-order chi connectivity index (χ0) is 19.2. The molecule has 3 aromatic rings. The van der Waals surface area contributed by atoms with Gasteiger partial charge in [0, 0.05) is 11.1 Å². The van der Waals surface area contributed by atoms with Crippen molar-refractivity contribution in [2.24, 2.45) is 0 Å². The largest absolute Gasteiger partial charge is 0.377 e. The lowest BCUT2D eigenvalue weighted by molar-refractivity contribution is -0.118. The van der Waals surface area contributed by atoms with Crippen LogP contribution in [0.15, 0.2) is 47.4 Å². The highest BCUT2D eigenvalue weighted by Gasteiger charge is 2.28. The molecule has 1 amide bonds. The van der Waals surface area contributed by atoms with Crippen LogP contribution in [0, 0.1) is 6.92 Å². The van der Waals surface area contributed by atoms with E-state index in [0.29, 0.717) is 28.6 Å². The Hall–Kier alpha value is -3.13. The number of aryl methyl sites for hydroxylation is 1. The van der Waals surface area contributed by atoms with E-state index in [1.807, 2.05) is 6.92 Å². The van der Waals surface area contributed by atoms with Crippen molar-refractivity contribution in [1.29, 1.82) is 0 Å². The number of Topliss-reactive ketones (excluding diaryl/α,β-unsaturated/α-hetero) is 1. The maximum atomic E-state index is 12.6. The number of hydrogen-bond donors (Lipinski definition) is 1. The predicted molar refractivity (Wildman–Crippen MR) is 98.1 cm³/mol. The fraction of sp³-hybridized carbons (Fsp3) is 0.158. The van der Waals surface area contributed by atoms with Crippen LogP contribution in [0.1, 0.15) is 21.6 Å². The van der Waals surface area contributed by atoms with Crippen LogP contribution in [0.4, 0.5) is 0 Å². The van der Waals surface area contributed by atoms with Crippen LogP contribution < -0.4 is 4.18 Å². The van der Waals surface area contributed by atoms with E-state index in [-0.39, 0.29) is 29.5 Å². The number of aromatic amines is 1. The Bertz CT molecular complexity index is 1160. The molecule has 0 saturated carbocycles. The van der Waals surface area contributed by atoms with Crippen molar-refractivity contribution in [3.05, 3.63) is 59.3 Å². The highest BCUT2D eigenvalue weighted by molar-refractivity contribution is 7.87. The molecule has 2 heterocycles. The van der Waals surface area contributed by atoms with Crippen molar-refractivity contribution in [2.75, 3.05) is 6.54 Å². The van der Waals surface area contributed by atoms with E-state index in [1.54, 1.807) is 24.3 Å². The lowest BCUT2D eigenvalue weighted by atomic mass is 10.0. The lowest BCUT2D eigenvalue weighted by Gasteiger charge is -2.21. The number of fused-ring (bicyclic) bond motifs is 3. The van der Waals surface area contributed by atoms with Crippen LogP contribution in [0.3, 0.4) is 0 Å². The van der Waals surface area contributed by atoms with Crippen molar-refractivity contribution in [2.45, 2.75) is 18.4 Å². The van der Waals surface area contributed by atoms with Crippen molar-refractivity contribution in [3.63, 3.8) is 0 Å². The number of para-hydroxylation sites is 1. The minimum Gasteiger partial charge on any atom is -0.377 e. The molecule has 0 bridgehead atoms. The molecule has 0 atom stereocenters. The molecule has 7 nitrogen and oxygen atoms in total. The van der Waals surface area contributed by atoms with Crippen molar-refractivity contribution in [1.82, 2.24) is 9.88 Å². The van der Waals surface area contributed by atoms with E-state index in [2.05, 4.69) is 4.98 Å². The van der Waals surface area contributed by atoms with E-state index >= 15 is 0 Å². The molecule has 8 heteroatoms. The Balaban J connectivity index is 1.78. The molecule has 138 valence electrons. The third-order valence-electron chi connectivity index (χ3n) is 4.52. The fourth-order valence-corrected chi connectivity index (χ4v) is 4.16. The quantitative estimate of drug-likeness (QED) is 0.550. The topological polar surface area (TPSA) is 96.5 Å². The van der Waals surface area contributed by atoms with E-state index in [0.717, 1.165) is 5.56 Å². The molecule has 4 rings (SSSR count). The first-order chi connectivity index (χ1) is 12.9. The molecule has 0 saturated heterocycles. The minimum atomic E-state index is -4.02. The summed E-state index contributed by atoms with van der Waals surface area (Å²) in [6, 6.07) is 11.2. The van der Waals surface area contributed by atoms with Gasteiger partial charge in [0.15, 0.2) is 11.5 Å². The number of hydrogen-bond acceptors (Lipinski definition) is 5. The monoisotopic (exact) mass is 384 g/mol. The lowest BCUT2D eigenvalue weighted by Crippen LogP contribution is -2.33. The molecule has 0 aliphatic carbocycles. The van der Waals surface area contributed by atoms with E-state index < -0.39 is 10.1 Å². The second kappa shape index (κ2) is 6.24. The maximum Gasteiger partial charge on any atom is 0.339 e. The number of benzene rings is 2. The van der Waals surface area contributed by atoms with Gasteiger partial charge in [-0.05, 0) is 25.1 Å². The average Bonchev–Trinajstić information content (AvgIpc) is 3.02. The summed E-state index contributed by atoms with van der Waals surface area (Å²) in [7, 11) is -4.02. The fourth-order valence-electron chi connectivity index (χ4n) is 3.22. The van der Waals surface area contributed by atoms with Gasteiger partial charge >= 0.3 is 10.1 Å². The number of H-pyrrole nitrogens is 1. The summed E-state index contributed by atoms with van der Waals surface area (Å²) in [4.78, 5) is 27.9. The van der Waals surface area contributed by atoms with Gasteiger partial charge in [-0.1, -0.05) is 29.8 Å². The van der Waals surface area contributed by atoms with Gasteiger partial charge in [-0.25, -0.2) is 0 Å². The van der Waals surface area contributed by atoms with Crippen LogP contribution in [-0.4, -0.2) is 37.0 Å². The van der Waals surface area contributed by atoms with E-state index in [1.165, 1.54) is 23.1 Å². The zero-order valence-corrected chi connectivity index (χ0v) is 15.2. The first kappa shape index (κ1) is 17.3. The normalized spacial score (nSPS) is 14.3. The SMILES string of the molecule is Cc1ccc(S(=O)(=O)Oc2cccc3c4c([nH]c23)CN(C=O)CC4=O)cc1. The molecule has 1 N–H and O–H groups in total. The van der Waals surface area contributed by atoms with Gasteiger partial charge in [0.1, 0.15) is 4.90 Å². The van der Waals surface area contributed by atoms with Gasteiger partial charge in [0.05, 0.1) is 24.2 Å². The molecular weight excluding hydrogens is 368 g/mol. The molecule has 0 spiro atoms. The Morgan fingerprint density at radius 1 is 1.11 bits per heavy atom. The summed E-state index contributed by atoms with van der Waals surface area (Å²) >= 11 is 0. The number of carbonyl (C=O) groups excluding carboxylic acids is 2. The summed E-state index contributed by atoms with van der Waals surface area (Å²) < 4.78 is 30.6. The molecule has 27 heavy (non-hydrogen) atoms. The van der Waals surface area contributed by atoms with Crippen LogP contribution in [0.5, 0.6) is 5.75 Å². The standard InChI is InChI=1S/C19H16N2O5S/c1-12-5-7-13(8-6-12)27(24,25)26-17-4-2-3-14-18-15(20-19(14)17)9-21(11-22)10-16(18)23/h2-8,11,20H,9-10H2,1H3. The van der Waals surface area contributed by atoms with Gasteiger partial charge in [0.25, 0.3) is 0 Å². The van der Waals surface area contributed by atoms with Crippen molar-refractivity contribution in [3.8, 4) is 5.75 Å². The number of carbonyl (C=O) groups is 2. The first-order valence-electron chi connectivity index (χ1n) is 8.26. The highest BCUT2D eigenvalue weighted by Crippen LogP contribution is 2.34. The molecule has 0 unspecified atom stereocenters. The molecule has 2 aromatic carbocycles. The minimum absolute atomic E-state index is 0.00377. The number of nitrogens with one attached hydrogen (secondary N) is 1. The Labute approximate surface area is 155 Å². The summed E-state index contributed by atoms with van der Waals surface area (Å²) in [5.74, 6) is -0.0962. The van der Waals surface area contributed by atoms with Gasteiger partial charge in [-0.2, -0.15) is 8.42 Å². The molecule has 1 aliphatic heterocycles. The van der Waals surface area contributed by atoms with E-state index in [9.17, 15) is 18.0 Å². The van der Waals surface area contributed by atoms with Gasteiger partial charge in [0.2, 0.25) is 6.41 Å². The maximum absolute atomic E-state index is 12.6. The van der Waals surface area contributed by atoms with Crippen LogP contribution >= 0.6 is 0 Å². The van der Waals surface area contributed by atoms with E-state index in [4.69, 9.17) is 4.18 Å². The third kappa shape index (κ3) is 2.97. The van der Waals surface area contributed by atoms with Crippen molar-refractivity contribution >= 4 is 33.2 Å². The van der Waals surface area contributed by atoms with Gasteiger partial charge in [-0.15, -0.1) is 0 Å². The molecule has 1 aliphatic rings. The predicted octanol–water partition coefficient (Wildman–Crippen LogP) is 2.40. The van der Waals surface area contributed by atoms with Gasteiger partial charge in [-0.3, -0.25) is 9.59 Å². The van der Waals surface area contributed by atoms with Crippen LogP contribution in [-0.2, 0) is 21.5 Å². The first-order valence-corrected chi connectivity index (χ1v) is 9.67. The second-order valence-corrected chi connectivity index (χ2v) is 7.99. The second-order valence-electron chi connectivity index (χ2n) is 6.44. The van der Waals surface area contributed by atoms with Crippen molar-refractivity contribution < 1.29 is 22.2 Å². The Morgan fingerprint density at radius 3 is 2.56 bits per heavy atom. The third-order valence-corrected chi connectivity index (χ3v) is 5.77. The summed E-state index contributed by atoms with van der Waals surface area (Å²) in [5, 5.41) is 0.581. The Morgan fingerprint density at radius 2 is 1.85 bits per heavy atom. The summed E-state index contributed by atoms with van der Waals surface area (Å²) in [5.41, 5.74) is 2.39. The highest BCUT2D eigenvalue weighted by atomic mass is 32.2. The number of rotatable bonds is 4. The molecular formula is C19H16N2O5S. The molecule has 0 radical (unpaired) electrons. The summed E-state index contributed by atoms with van der Waals surface area (Å²) in [6.07, 6.45) is 0.617. The van der Waals surface area contributed by atoms with Crippen LogP contribution in [0.2, 0.25) is 0 Å².